The number of hydrogen-bond donors (Lipinski definition) is 2. The van der Waals surface area contributed by atoms with Gasteiger partial charge in [0.1, 0.15) is 5.92 Å². The van der Waals surface area contributed by atoms with E-state index in [1.54, 1.807) is 4.90 Å². The van der Waals surface area contributed by atoms with Crippen LogP contribution in [0.3, 0.4) is 0 Å². The van der Waals surface area contributed by atoms with Gasteiger partial charge in [-0.1, -0.05) is 31.0 Å². The number of aliphatic hydroxyl groups is 1. The molecule has 0 spiro atoms. The zero-order chi connectivity index (χ0) is 17.3. The number of hydrogen-bond acceptors (Lipinski definition) is 3. The zero-order valence-corrected chi connectivity index (χ0v) is 14.4. The lowest BCUT2D eigenvalue weighted by Crippen LogP contribution is -2.48. The van der Waals surface area contributed by atoms with E-state index in [1.807, 2.05) is 38.1 Å². The lowest BCUT2D eigenvalue weighted by Gasteiger charge is -2.30. The summed E-state index contributed by atoms with van der Waals surface area (Å²) < 4.78 is 0. The maximum Gasteiger partial charge on any atom is 0.239 e. The summed E-state index contributed by atoms with van der Waals surface area (Å²) in [6.45, 7) is 4.64. The highest BCUT2D eigenvalue weighted by atomic mass is 16.3. The fraction of sp³-hybridized carbons (Fsp3) is 0.579. The van der Waals surface area contributed by atoms with E-state index in [0.717, 1.165) is 30.5 Å². The standard InChI is InChI=1S/C19H26N2O3/c1-13-5-7-14(8-6-13)21-11-9-15(18(21)24)17(23)20-16-4-3-10-19(16,2)12-22/h5-8,15-16,22H,3-4,9-12H2,1-2H3,(H,20,23). The lowest BCUT2D eigenvalue weighted by atomic mass is 9.85. The molecule has 1 heterocycles. The Morgan fingerprint density at radius 1 is 1.33 bits per heavy atom. The molecule has 3 unspecified atom stereocenters. The molecule has 0 bridgehead atoms. The van der Waals surface area contributed by atoms with E-state index in [2.05, 4.69) is 5.32 Å². The van der Waals surface area contributed by atoms with Gasteiger partial charge in [-0.05, 0) is 38.3 Å². The Hall–Kier alpha value is -1.88. The number of amides is 2. The quantitative estimate of drug-likeness (QED) is 0.830. The highest BCUT2D eigenvalue weighted by Crippen LogP contribution is 2.37. The second-order valence-electron chi connectivity index (χ2n) is 7.43. The molecule has 1 saturated carbocycles. The molecule has 2 amide bonds. The number of benzene rings is 1. The van der Waals surface area contributed by atoms with Crippen LogP contribution in [0.5, 0.6) is 0 Å². The molecule has 3 rings (SSSR count). The van der Waals surface area contributed by atoms with Gasteiger partial charge in [-0.25, -0.2) is 0 Å². The van der Waals surface area contributed by atoms with E-state index in [-0.39, 0.29) is 29.9 Å². The van der Waals surface area contributed by atoms with Crippen LogP contribution < -0.4 is 10.2 Å². The summed E-state index contributed by atoms with van der Waals surface area (Å²) in [5.41, 5.74) is 1.72. The molecule has 130 valence electrons. The SMILES string of the molecule is Cc1ccc(N2CCC(C(=O)NC3CCCC3(C)CO)C2=O)cc1. The maximum absolute atomic E-state index is 12.7. The van der Waals surface area contributed by atoms with E-state index >= 15 is 0 Å². The van der Waals surface area contributed by atoms with Gasteiger partial charge in [0.05, 0.1) is 6.61 Å². The number of aliphatic hydroxyl groups excluding tert-OH is 1. The van der Waals surface area contributed by atoms with Crippen molar-refractivity contribution in [3.63, 3.8) is 0 Å². The molecule has 1 saturated heterocycles. The number of nitrogens with one attached hydrogen (secondary N) is 1. The third-order valence-electron chi connectivity index (χ3n) is 5.63. The van der Waals surface area contributed by atoms with Crippen molar-refractivity contribution in [2.45, 2.75) is 45.6 Å². The molecule has 5 nitrogen and oxygen atoms in total. The third-order valence-corrected chi connectivity index (χ3v) is 5.63. The molecule has 2 N–H and O–H groups in total. The Bertz CT molecular complexity index is 628. The van der Waals surface area contributed by atoms with Crippen LogP contribution in [0.4, 0.5) is 5.69 Å². The van der Waals surface area contributed by atoms with Crippen LogP contribution in [-0.4, -0.2) is 36.1 Å². The summed E-state index contributed by atoms with van der Waals surface area (Å²) in [4.78, 5) is 27.0. The van der Waals surface area contributed by atoms with Gasteiger partial charge in [-0.2, -0.15) is 0 Å². The molecule has 24 heavy (non-hydrogen) atoms. The van der Waals surface area contributed by atoms with Crippen LogP contribution in [0.2, 0.25) is 0 Å². The van der Waals surface area contributed by atoms with Crippen molar-refractivity contribution in [2.75, 3.05) is 18.1 Å². The van der Waals surface area contributed by atoms with Crippen LogP contribution in [0, 0.1) is 18.3 Å². The number of nitrogens with zero attached hydrogens (tertiary/aromatic N) is 1. The van der Waals surface area contributed by atoms with Crippen LogP contribution in [-0.2, 0) is 9.59 Å². The van der Waals surface area contributed by atoms with Gasteiger partial charge in [0.25, 0.3) is 0 Å². The van der Waals surface area contributed by atoms with E-state index in [0.29, 0.717) is 13.0 Å². The van der Waals surface area contributed by atoms with Gasteiger partial charge in [0.15, 0.2) is 0 Å². The van der Waals surface area contributed by atoms with Gasteiger partial charge >= 0.3 is 0 Å². The Kier molecular flexibility index (Phi) is 4.63. The van der Waals surface area contributed by atoms with Crippen molar-refractivity contribution in [1.29, 1.82) is 0 Å². The number of carbonyl (C=O) groups excluding carboxylic acids is 2. The first-order chi connectivity index (χ1) is 11.4. The summed E-state index contributed by atoms with van der Waals surface area (Å²) in [5, 5.41) is 12.6. The monoisotopic (exact) mass is 330 g/mol. The fourth-order valence-corrected chi connectivity index (χ4v) is 3.84. The highest BCUT2D eigenvalue weighted by Gasteiger charge is 2.43. The first-order valence-electron chi connectivity index (χ1n) is 8.74. The first kappa shape index (κ1) is 17.0. The lowest BCUT2D eigenvalue weighted by molar-refractivity contribution is -0.133. The molecule has 1 aliphatic heterocycles. The average Bonchev–Trinajstić information content (AvgIpc) is 3.12. The minimum absolute atomic E-state index is 0.0452. The molecule has 3 atom stereocenters. The number of aryl methyl sites for hydroxylation is 1. The Labute approximate surface area is 143 Å². The molecular weight excluding hydrogens is 304 g/mol. The van der Waals surface area contributed by atoms with Crippen LogP contribution in [0.25, 0.3) is 0 Å². The van der Waals surface area contributed by atoms with Crippen molar-refractivity contribution in [1.82, 2.24) is 5.32 Å². The smallest absolute Gasteiger partial charge is 0.239 e. The van der Waals surface area contributed by atoms with Gasteiger partial charge in [0, 0.05) is 23.7 Å². The molecule has 2 fully saturated rings. The fourth-order valence-electron chi connectivity index (χ4n) is 3.84. The van der Waals surface area contributed by atoms with Gasteiger partial charge in [-0.3, -0.25) is 9.59 Å². The van der Waals surface area contributed by atoms with Crippen molar-refractivity contribution in [3.8, 4) is 0 Å². The van der Waals surface area contributed by atoms with E-state index in [4.69, 9.17) is 0 Å². The molecule has 1 aliphatic carbocycles. The van der Waals surface area contributed by atoms with Crippen molar-refractivity contribution in [3.05, 3.63) is 29.8 Å². The number of rotatable bonds is 4. The predicted molar refractivity (Wildman–Crippen MR) is 92.6 cm³/mol. The van der Waals surface area contributed by atoms with Crippen LogP contribution in [0.15, 0.2) is 24.3 Å². The van der Waals surface area contributed by atoms with Gasteiger partial charge < -0.3 is 15.3 Å². The van der Waals surface area contributed by atoms with E-state index in [1.165, 1.54) is 0 Å². The summed E-state index contributed by atoms with van der Waals surface area (Å²) in [7, 11) is 0. The molecular formula is C19H26N2O3. The maximum atomic E-state index is 12.7. The van der Waals surface area contributed by atoms with Crippen molar-refractivity contribution < 1.29 is 14.7 Å². The van der Waals surface area contributed by atoms with Crippen molar-refractivity contribution >= 4 is 17.5 Å². The second kappa shape index (κ2) is 6.55. The summed E-state index contributed by atoms with van der Waals surface area (Å²) >= 11 is 0. The topological polar surface area (TPSA) is 69.6 Å². The molecule has 2 aliphatic rings. The van der Waals surface area contributed by atoms with Gasteiger partial charge in [0.2, 0.25) is 11.8 Å². The molecule has 1 aromatic rings. The number of carbonyl (C=O) groups is 2. The minimum atomic E-state index is -0.616. The summed E-state index contributed by atoms with van der Waals surface area (Å²) in [5.74, 6) is -0.934. The molecule has 0 radical (unpaired) electrons. The first-order valence-corrected chi connectivity index (χ1v) is 8.74. The van der Waals surface area contributed by atoms with Crippen LogP contribution in [0.1, 0.15) is 38.2 Å². The van der Waals surface area contributed by atoms with Gasteiger partial charge in [-0.15, -0.1) is 0 Å². The predicted octanol–water partition coefficient (Wildman–Crippen LogP) is 2.02. The second-order valence-corrected chi connectivity index (χ2v) is 7.43. The molecule has 0 aromatic heterocycles. The van der Waals surface area contributed by atoms with E-state index in [9.17, 15) is 14.7 Å². The highest BCUT2D eigenvalue weighted by molar-refractivity contribution is 6.09. The van der Waals surface area contributed by atoms with E-state index < -0.39 is 5.92 Å². The minimum Gasteiger partial charge on any atom is -0.396 e. The average molecular weight is 330 g/mol. The molecule has 1 aromatic carbocycles. The Morgan fingerprint density at radius 3 is 2.71 bits per heavy atom. The third kappa shape index (κ3) is 3.05. The Balaban J connectivity index is 1.66. The summed E-state index contributed by atoms with van der Waals surface area (Å²) in [6, 6.07) is 7.75. The number of anilines is 1. The van der Waals surface area contributed by atoms with Crippen molar-refractivity contribution in [2.24, 2.45) is 11.3 Å². The Morgan fingerprint density at radius 2 is 2.04 bits per heavy atom. The molecule has 5 heteroatoms. The zero-order valence-electron chi connectivity index (χ0n) is 14.4. The normalized spacial score (nSPS) is 30.0. The summed E-state index contributed by atoms with van der Waals surface area (Å²) in [6.07, 6.45) is 3.31. The van der Waals surface area contributed by atoms with Crippen LogP contribution >= 0.6 is 0 Å². The largest absolute Gasteiger partial charge is 0.396 e.